The molecule has 2 rings (SSSR count). The second-order valence-electron chi connectivity index (χ2n) is 5.07. The second-order valence-corrected chi connectivity index (χ2v) is 5.07. The Balaban J connectivity index is 1.76. The Morgan fingerprint density at radius 2 is 2.32 bits per heavy atom. The summed E-state index contributed by atoms with van der Waals surface area (Å²) in [4.78, 5) is 2.40. The van der Waals surface area contributed by atoms with Crippen LogP contribution in [0.25, 0.3) is 0 Å². The van der Waals surface area contributed by atoms with Crippen LogP contribution in [0.4, 0.5) is 0 Å². The molecule has 0 radical (unpaired) electrons. The van der Waals surface area contributed by atoms with E-state index in [0.29, 0.717) is 0 Å². The fraction of sp³-hybridized carbons (Fsp3) is 0.500. The minimum absolute atomic E-state index is 0.148. The average Bonchev–Trinajstić information content (AvgIpc) is 3.27. The Bertz CT molecular complexity index is 443. The molecule has 104 valence electrons. The lowest BCUT2D eigenvalue weighted by molar-refractivity contribution is 0.318. The number of rotatable bonds is 7. The van der Waals surface area contributed by atoms with Gasteiger partial charge in [0.1, 0.15) is 0 Å². The zero-order valence-electron chi connectivity index (χ0n) is 11.3. The standard InChI is InChI=1S/C14H22N4O/c1-18(13-5-6-13)8-7-16-10-11-3-2-4-12(9-11)14(15)17-19/h2-4,9,13,16,19H,5-8,10H2,1H3,(H2,15,17). The zero-order valence-corrected chi connectivity index (χ0v) is 11.3. The van der Waals surface area contributed by atoms with Gasteiger partial charge < -0.3 is 21.2 Å². The highest BCUT2D eigenvalue weighted by Crippen LogP contribution is 2.24. The summed E-state index contributed by atoms with van der Waals surface area (Å²) >= 11 is 0. The summed E-state index contributed by atoms with van der Waals surface area (Å²) in [5.41, 5.74) is 7.46. The third-order valence-electron chi connectivity index (χ3n) is 3.47. The minimum atomic E-state index is 0.148. The van der Waals surface area contributed by atoms with Crippen LogP contribution in [0.1, 0.15) is 24.0 Å². The van der Waals surface area contributed by atoms with Gasteiger partial charge in [-0.25, -0.2) is 0 Å². The van der Waals surface area contributed by atoms with Gasteiger partial charge in [-0.15, -0.1) is 0 Å². The number of nitrogens with two attached hydrogens (primary N) is 1. The Kier molecular flexibility index (Phi) is 4.76. The van der Waals surface area contributed by atoms with Gasteiger partial charge in [0.25, 0.3) is 0 Å². The molecule has 0 bridgehead atoms. The number of amidine groups is 1. The number of oxime groups is 1. The SMILES string of the molecule is CN(CCNCc1cccc(C(N)=NO)c1)C1CC1. The zero-order chi connectivity index (χ0) is 13.7. The molecule has 1 saturated carbocycles. The van der Waals surface area contributed by atoms with Gasteiger partial charge in [0, 0.05) is 31.2 Å². The quantitative estimate of drug-likeness (QED) is 0.225. The van der Waals surface area contributed by atoms with E-state index in [1.165, 1.54) is 12.8 Å². The van der Waals surface area contributed by atoms with E-state index in [-0.39, 0.29) is 5.84 Å². The number of likely N-dealkylation sites (N-methyl/N-ethyl adjacent to an activating group) is 1. The van der Waals surface area contributed by atoms with Crippen molar-refractivity contribution in [1.29, 1.82) is 0 Å². The first-order valence-electron chi connectivity index (χ1n) is 6.68. The Labute approximate surface area is 114 Å². The molecule has 4 N–H and O–H groups in total. The monoisotopic (exact) mass is 262 g/mol. The van der Waals surface area contributed by atoms with E-state index in [9.17, 15) is 0 Å². The van der Waals surface area contributed by atoms with E-state index >= 15 is 0 Å². The van der Waals surface area contributed by atoms with Gasteiger partial charge in [0.05, 0.1) is 0 Å². The fourth-order valence-electron chi connectivity index (χ4n) is 2.08. The summed E-state index contributed by atoms with van der Waals surface area (Å²) in [7, 11) is 2.18. The summed E-state index contributed by atoms with van der Waals surface area (Å²) in [6, 6.07) is 8.53. The lowest BCUT2D eigenvalue weighted by Crippen LogP contribution is -2.30. The Hall–Kier alpha value is -1.59. The first kappa shape index (κ1) is 13.8. The molecule has 0 spiro atoms. The Morgan fingerprint density at radius 1 is 1.53 bits per heavy atom. The molecule has 0 unspecified atom stereocenters. The first-order chi connectivity index (χ1) is 9.20. The molecule has 0 heterocycles. The third kappa shape index (κ3) is 4.22. The van der Waals surface area contributed by atoms with Crippen molar-refractivity contribution in [3.8, 4) is 0 Å². The van der Waals surface area contributed by atoms with Crippen molar-refractivity contribution in [2.45, 2.75) is 25.4 Å². The normalized spacial score (nSPS) is 16.0. The van der Waals surface area contributed by atoms with E-state index in [4.69, 9.17) is 10.9 Å². The molecule has 1 aliphatic carbocycles. The lowest BCUT2D eigenvalue weighted by Gasteiger charge is -2.15. The van der Waals surface area contributed by atoms with E-state index in [2.05, 4.69) is 22.4 Å². The van der Waals surface area contributed by atoms with Gasteiger partial charge in [-0.05, 0) is 31.5 Å². The van der Waals surface area contributed by atoms with Gasteiger partial charge in [0.2, 0.25) is 0 Å². The third-order valence-corrected chi connectivity index (χ3v) is 3.47. The average molecular weight is 262 g/mol. The molecule has 0 atom stereocenters. The molecule has 1 aromatic carbocycles. The predicted octanol–water partition coefficient (Wildman–Crippen LogP) is 0.965. The van der Waals surface area contributed by atoms with Crippen LogP contribution >= 0.6 is 0 Å². The van der Waals surface area contributed by atoms with E-state index in [1.54, 1.807) is 0 Å². The second kappa shape index (κ2) is 6.54. The van der Waals surface area contributed by atoms with Crippen LogP contribution in [0, 0.1) is 0 Å². The largest absolute Gasteiger partial charge is 0.409 e. The minimum Gasteiger partial charge on any atom is -0.409 e. The molecule has 1 fully saturated rings. The first-order valence-corrected chi connectivity index (χ1v) is 6.68. The maximum atomic E-state index is 8.65. The summed E-state index contributed by atoms with van der Waals surface area (Å²) in [6.07, 6.45) is 2.69. The smallest absolute Gasteiger partial charge is 0.170 e. The molecule has 1 aromatic rings. The molecule has 0 saturated heterocycles. The number of nitrogens with zero attached hydrogens (tertiary/aromatic N) is 2. The van der Waals surface area contributed by atoms with E-state index in [1.807, 2.05) is 24.3 Å². The van der Waals surface area contributed by atoms with Crippen molar-refractivity contribution in [1.82, 2.24) is 10.2 Å². The van der Waals surface area contributed by atoms with Crippen molar-refractivity contribution in [3.05, 3.63) is 35.4 Å². The van der Waals surface area contributed by atoms with Gasteiger partial charge in [-0.1, -0.05) is 23.4 Å². The van der Waals surface area contributed by atoms with E-state index < -0.39 is 0 Å². The van der Waals surface area contributed by atoms with Crippen LogP contribution in [0.15, 0.2) is 29.4 Å². The van der Waals surface area contributed by atoms with Crippen molar-refractivity contribution in [3.63, 3.8) is 0 Å². The maximum Gasteiger partial charge on any atom is 0.170 e. The highest BCUT2D eigenvalue weighted by Gasteiger charge is 2.25. The van der Waals surface area contributed by atoms with Crippen LogP contribution in [-0.2, 0) is 6.54 Å². The fourth-order valence-corrected chi connectivity index (χ4v) is 2.08. The van der Waals surface area contributed by atoms with Crippen molar-refractivity contribution < 1.29 is 5.21 Å². The molecule has 5 heteroatoms. The Morgan fingerprint density at radius 3 is 3.00 bits per heavy atom. The number of hydrogen-bond acceptors (Lipinski definition) is 4. The van der Waals surface area contributed by atoms with Gasteiger partial charge >= 0.3 is 0 Å². The van der Waals surface area contributed by atoms with E-state index in [0.717, 1.165) is 36.8 Å². The molecular weight excluding hydrogens is 240 g/mol. The van der Waals surface area contributed by atoms with Crippen LogP contribution in [0.3, 0.4) is 0 Å². The summed E-state index contributed by atoms with van der Waals surface area (Å²) in [5.74, 6) is 0.148. The lowest BCUT2D eigenvalue weighted by atomic mass is 10.1. The van der Waals surface area contributed by atoms with Crippen molar-refractivity contribution in [2.75, 3.05) is 20.1 Å². The van der Waals surface area contributed by atoms with Gasteiger partial charge in [0.15, 0.2) is 5.84 Å². The number of benzene rings is 1. The van der Waals surface area contributed by atoms with Crippen LogP contribution in [-0.4, -0.2) is 42.1 Å². The van der Waals surface area contributed by atoms with Crippen LogP contribution in [0.5, 0.6) is 0 Å². The number of nitrogens with one attached hydrogen (secondary N) is 1. The van der Waals surface area contributed by atoms with Crippen molar-refractivity contribution >= 4 is 5.84 Å². The molecule has 5 nitrogen and oxygen atoms in total. The van der Waals surface area contributed by atoms with Gasteiger partial charge in [-0.2, -0.15) is 0 Å². The summed E-state index contributed by atoms with van der Waals surface area (Å²) < 4.78 is 0. The summed E-state index contributed by atoms with van der Waals surface area (Å²) in [5, 5.41) is 15.1. The van der Waals surface area contributed by atoms with Crippen LogP contribution in [0.2, 0.25) is 0 Å². The molecular formula is C14H22N4O. The number of hydrogen-bond donors (Lipinski definition) is 3. The van der Waals surface area contributed by atoms with Gasteiger partial charge in [-0.3, -0.25) is 0 Å². The molecule has 19 heavy (non-hydrogen) atoms. The molecule has 0 aliphatic heterocycles. The molecule has 0 aromatic heterocycles. The molecule has 1 aliphatic rings. The highest BCUT2D eigenvalue weighted by atomic mass is 16.4. The molecule has 0 amide bonds. The summed E-state index contributed by atoms with van der Waals surface area (Å²) in [6.45, 7) is 2.84. The van der Waals surface area contributed by atoms with Crippen LogP contribution < -0.4 is 11.1 Å². The maximum absolute atomic E-state index is 8.65. The topological polar surface area (TPSA) is 73.9 Å². The predicted molar refractivity (Wildman–Crippen MR) is 76.3 cm³/mol. The highest BCUT2D eigenvalue weighted by molar-refractivity contribution is 5.97. The van der Waals surface area contributed by atoms with Crippen molar-refractivity contribution in [2.24, 2.45) is 10.9 Å².